The van der Waals surface area contributed by atoms with Gasteiger partial charge >= 0.3 is 0 Å². The van der Waals surface area contributed by atoms with Crippen LogP contribution in [0.25, 0.3) is 11.3 Å². The SMILES string of the molecule is Cc1nc(-c2ccc(S(=O)(=O)Nc3ccc(C)c(C)c3)cc2)co1. The molecule has 0 amide bonds. The van der Waals surface area contributed by atoms with Crippen molar-refractivity contribution in [2.24, 2.45) is 0 Å². The maximum atomic E-state index is 12.5. The highest BCUT2D eigenvalue weighted by Crippen LogP contribution is 2.23. The van der Waals surface area contributed by atoms with E-state index in [0.29, 0.717) is 17.3 Å². The Labute approximate surface area is 141 Å². The summed E-state index contributed by atoms with van der Waals surface area (Å²) >= 11 is 0. The van der Waals surface area contributed by atoms with E-state index in [-0.39, 0.29) is 4.90 Å². The third-order valence-electron chi connectivity index (χ3n) is 3.84. The Morgan fingerprint density at radius 3 is 2.25 bits per heavy atom. The topological polar surface area (TPSA) is 72.2 Å². The first-order valence-corrected chi connectivity index (χ1v) is 8.96. The van der Waals surface area contributed by atoms with Gasteiger partial charge in [-0.2, -0.15) is 0 Å². The molecule has 0 aliphatic carbocycles. The van der Waals surface area contributed by atoms with Crippen LogP contribution >= 0.6 is 0 Å². The number of anilines is 1. The normalized spacial score (nSPS) is 11.5. The predicted molar refractivity (Wildman–Crippen MR) is 93.4 cm³/mol. The van der Waals surface area contributed by atoms with Crippen molar-refractivity contribution in [3.8, 4) is 11.3 Å². The van der Waals surface area contributed by atoms with Crippen molar-refractivity contribution in [1.29, 1.82) is 0 Å². The van der Waals surface area contributed by atoms with Crippen LogP contribution in [-0.4, -0.2) is 13.4 Å². The van der Waals surface area contributed by atoms with Crippen LogP contribution in [0, 0.1) is 20.8 Å². The van der Waals surface area contributed by atoms with Crippen LogP contribution in [0.15, 0.2) is 58.0 Å². The number of hydrogen-bond acceptors (Lipinski definition) is 4. The lowest BCUT2D eigenvalue weighted by atomic mass is 10.1. The fraction of sp³-hybridized carbons (Fsp3) is 0.167. The summed E-state index contributed by atoms with van der Waals surface area (Å²) in [5, 5.41) is 0. The molecule has 0 aliphatic heterocycles. The van der Waals surface area contributed by atoms with Crippen molar-refractivity contribution in [1.82, 2.24) is 4.98 Å². The van der Waals surface area contributed by atoms with E-state index in [2.05, 4.69) is 9.71 Å². The summed E-state index contributed by atoms with van der Waals surface area (Å²) in [5.74, 6) is 0.568. The number of nitrogens with zero attached hydrogens (tertiary/aromatic N) is 1. The summed E-state index contributed by atoms with van der Waals surface area (Å²) < 4.78 is 32.8. The molecule has 0 unspecified atom stereocenters. The van der Waals surface area contributed by atoms with Crippen molar-refractivity contribution < 1.29 is 12.8 Å². The number of sulfonamides is 1. The first-order valence-electron chi connectivity index (χ1n) is 7.48. The number of oxazole rings is 1. The minimum Gasteiger partial charge on any atom is -0.449 e. The molecule has 1 aromatic heterocycles. The highest BCUT2D eigenvalue weighted by Gasteiger charge is 2.15. The van der Waals surface area contributed by atoms with Gasteiger partial charge in [0.1, 0.15) is 12.0 Å². The molecule has 2 aromatic carbocycles. The predicted octanol–water partition coefficient (Wildman–Crippen LogP) is 4.07. The van der Waals surface area contributed by atoms with E-state index < -0.39 is 10.0 Å². The van der Waals surface area contributed by atoms with E-state index >= 15 is 0 Å². The zero-order chi connectivity index (χ0) is 17.3. The van der Waals surface area contributed by atoms with Gasteiger partial charge in [0.15, 0.2) is 5.89 Å². The summed E-state index contributed by atoms with van der Waals surface area (Å²) in [6.07, 6.45) is 1.55. The third kappa shape index (κ3) is 3.33. The van der Waals surface area contributed by atoms with E-state index in [1.807, 2.05) is 26.0 Å². The van der Waals surface area contributed by atoms with Gasteiger partial charge in [0.05, 0.1) is 4.90 Å². The lowest BCUT2D eigenvalue weighted by Crippen LogP contribution is -2.13. The Morgan fingerprint density at radius 1 is 0.958 bits per heavy atom. The number of rotatable bonds is 4. The molecule has 3 aromatic rings. The fourth-order valence-corrected chi connectivity index (χ4v) is 3.37. The molecular weight excluding hydrogens is 324 g/mol. The van der Waals surface area contributed by atoms with Gasteiger partial charge in [-0.1, -0.05) is 18.2 Å². The smallest absolute Gasteiger partial charge is 0.261 e. The molecule has 0 fully saturated rings. The van der Waals surface area contributed by atoms with E-state index in [9.17, 15) is 8.42 Å². The molecule has 124 valence electrons. The van der Waals surface area contributed by atoms with Gasteiger partial charge in [-0.25, -0.2) is 13.4 Å². The van der Waals surface area contributed by atoms with Crippen LogP contribution in [-0.2, 0) is 10.0 Å². The lowest BCUT2D eigenvalue weighted by Gasteiger charge is -2.10. The summed E-state index contributed by atoms with van der Waals surface area (Å²) in [6.45, 7) is 5.69. The number of benzene rings is 2. The Kier molecular flexibility index (Phi) is 4.15. The van der Waals surface area contributed by atoms with E-state index in [0.717, 1.165) is 16.7 Å². The van der Waals surface area contributed by atoms with Crippen molar-refractivity contribution in [2.75, 3.05) is 4.72 Å². The molecular formula is C18H18N2O3S. The van der Waals surface area contributed by atoms with Crippen LogP contribution in [0.2, 0.25) is 0 Å². The molecule has 0 spiro atoms. The van der Waals surface area contributed by atoms with Crippen LogP contribution in [0.3, 0.4) is 0 Å². The van der Waals surface area contributed by atoms with Crippen molar-refractivity contribution in [3.05, 3.63) is 65.7 Å². The first-order chi connectivity index (χ1) is 11.3. The molecule has 1 N–H and O–H groups in total. The zero-order valence-electron chi connectivity index (χ0n) is 13.7. The van der Waals surface area contributed by atoms with Gasteiger partial charge < -0.3 is 4.42 Å². The Morgan fingerprint density at radius 2 is 1.67 bits per heavy atom. The summed E-state index contributed by atoms with van der Waals surface area (Å²) in [5.41, 5.74) is 4.18. The van der Waals surface area contributed by atoms with Gasteiger partial charge in [-0.15, -0.1) is 0 Å². The summed E-state index contributed by atoms with van der Waals surface area (Å²) in [7, 11) is -3.63. The maximum Gasteiger partial charge on any atom is 0.261 e. The minimum atomic E-state index is -3.63. The van der Waals surface area contributed by atoms with E-state index in [1.165, 1.54) is 0 Å². The van der Waals surface area contributed by atoms with Crippen LogP contribution in [0.4, 0.5) is 5.69 Å². The lowest BCUT2D eigenvalue weighted by molar-refractivity contribution is 0.521. The van der Waals surface area contributed by atoms with Gasteiger partial charge in [0.2, 0.25) is 0 Å². The minimum absolute atomic E-state index is 0.199. The van der Waals surface area contributed by atoms with Crippen molar-refractivity contribution >= 4 is 15.7 Å². The molecule has 0 aliphatic rings. The van der Waals surface area contributed by atoms with E-state index in [4.69, 9.17) is 4.42 Å². The molecule has 1 heterocycles. The van der Waals surface area contributed by atoms with Gasteiger partial charge in [-0.05, 0) is 49.2 Å². The maximum absolute atomic E-state index is 12.5. The Balaban J connectivity index is 1.85. The second kappa shape index (κ2) is 6.13. The molecule has 6 heteroatoms. The van der Waals surface area contributed by atoms with E-state index in [1.54, 1.807) is 43.5 Å². The van der Waals surface area contributed by atoms with Crippen molar-refractivity contribution in [3.63, 3.8) is 0 Å². The molecule has 0 radical (unpaired) electrons. The second-order valence-electron chi connectivity index (χ2n) is 5.68. The average Bonchev–Trinajstić information content (AvgIpc) is 2.97. The second-order valence-corrected chi connectivity index (χ2v) is 7.36. The molecule has 24 heavy (non-hydrogen) atoms. The van der Waals surface area contributed by atoms with Crippen LogP contribution in [0.1, 0.15) is 17.0 Å². The number of nitrogens with one attached hydrogen (secondary N) is 1. The monoisotopic (exact) mass is 342 g/mol. The molecule has 0 saturated carbocycles. The first kappa shape index (κ1) is 16.3. The Bertz CT molecular complexity index is 974. The van der Waals surface area contributed by atoms with Crippen LogP contribution in [0.5, 0.6) is 0 Å². The summed E-state index contributed by atoms with van der Waals surface area (Å²) in [6, 6.07) is 12.0. The Hall–Kier alpha value is -2.60. The molecule has 5 nitrogen and oxygen atoms in total. The molecule has 0 atom stereocenters. The third-order valence-corrected chi connectivity index (χ3v) is 5.24. The van der Waals surface area contributed by atoms with Gasteiger partial charge in [0.25, 0.3) is 10.0 Å². The zero-order valence-corrected chi connectivity index (χ0v) is 14.5. The highest BCUT2D eigenvalue weighted by molar-refractivity contribution is 7.92. The van der Waals surface area contributed by atoms with Crippen molar-refractivity contribution in [2.45, 2.75) is 25.7 Å². The average molecular weight is 342 g/mol. The molecule has 3 rings (SSSR count). The number of hydrogen-bond donors (Lipinski definition) is 1. The standard InChI is InChI=1S/C18H18N2O3S/c1-12-4-7-16(10-13(12)2)20-24(21,22)17-8-5-15(6-9-17)18-11-23-14(3)19-18/h4-11,20H,1-3H3. The van der Waals surface area contributed by atoms with Crippen LogP contribution < -0.4 is 4.72 Å². The number of aromatic nitrogens is 1. The quantitative estimate of drug-likeness (QED) is 0.776. The van der Waals surface area contributed by atoms with Gasteiger partial charge in [0, 0.05) is 18.2 Å². The molecule has 0 bridgehead atoms. The van der Waals surface area contributed by atoms with Gasteiger partial charge in [-0.3, -0.25) is 4.72 Å². The summed E-state index contributed by atoms with van der Waals surface area (Å²) in [4.78, 5) is 4.43. The highest BCUT2D eigenvalue weighted by atomic mass is 32.2. The number of aryl methyl sites for hydroxylation is 3. The largest absolute Gasteiger partial charge is 0.449 e. The fourth-order valence-electron chi connectivity index (χ4n) is 2.32. The molecule has 0 saturated heterocycles.